The predicted octanol–water partition coefficient (Wildman–Crippen LogP) is 2.92. The minimum Gasteiger partial charge on any atom is -0.497 e. The number of benzene rings is 1. The zero-order valence-corrected chi connectivity index (χ0v) is 20.7. The van der Waals surface area contributed by atoms with Gasteiger partial charge in [-0.05, 0) is 70.4 Å². The molecule has 0 bridgehead atoms. The van der Waals surface area contributed by atoms with Crippen LogP contribution < -0.4 is 15.4 Å². The van der Waals surface area contributed by atoms with Crippen molar-refractivity contribution in [1.29, 1.82) is 0 Å². The summed E-state index contributed by atoms with van der Waals surface area (Å²) in [5, 5.41) is 15.4. The van der Waals surface area contributed by atoms with E-state index in [0.29, 0.717) is 12.6 Å². The highest BCUT2D eigenvalue weighted by atomic mass is 16.5. The second-order valence-electron chi connectivity index (χ2n) is 8.13. The Morgan fingerprint density at radius 2 is 1.91 bits per heavy atom. The Morgan fingerprint density at radius 3 is 2.50 bits per heavy atom. The van der Waals surface area contributed by atoms with Gasteiger partial charge in [-0.2, -0.15) is 0 Å². The number of rotatable bonds is 13. The van der Waals surface area contributed by atoms with Gasteiger partial charge in [-0.1, -0.05) is 26.0 Å². The van der Waals surface area contributed by atoms with Gasteiger partial charge in [0.25, 0.3) is 0 Å². The molecule has 1 aromatic heterocycles. The van der Waals surface area contributed by atoms with E-state index in [-0.39, 0.29) is 0 Å². The third-order valence-corrected chi connectivity index (χ3v) is 5.82. The van der Waals surface area contributed by atoms with Crippen LogP contribution in [0.5, 0.6) is 5.75 Å². The number of hydrogen-bond donors (Lipinski definition) is 2. The number of aromatic nitrogens is 3. The summed E-state index contributed by atoms with van der Waals surface area (Å²) in [7, 11) is 3.66. The third kappa shape index (κ3) is 8.49. The van der Waals surface area contributed by atoms with Gasteiger partial charge < -0.3 is 24.8 Å². The standard InChI is InChI=1S/C24H41N7O/c1-7-31(8-2)17-9-10-19(3)27-24(26-18-23-29-28-20(4)30(23)5)25-16-15-21-11-13-22(32-6)14-12-21/h11-14,19H,7-10,15-18H2,1-6H3,(H2,25,26,27). The average Bonchev–Trinajstić information content (AvgIpc) is 3.12. The van der Waals surface area contributed by atoms with Crippen molar-refractivity contribution < 1.29 is 4.74 Å². The summed E-state index contributed by atoms with van der Waals surface area (Å²) in [5.41, 5.74) is 1.26. The maximum absolute atomic E-state index is 5.24. The van der Waals surface area contributed by atoms with Crippen LogP contribution in [0.25, 0.3) is 0 Å². The molecule has 0 aliphatic rings. The van der Waals surface area contributed by atoms with Crippen LogP contribution in [0, 0.1) is 6.92 Å². The summed E-state index contributed by atoms with van der Waals surface area (Å²) in [6, 6.07) is 8.53. The summed E-state index contributed by atoms with van der Waals surface area (Å²) in [5.74, 6) is 3.44. The smallest absolute Gasteiger partial charge is 0.191 e. The number of hydrogen-bond acceptors (Lipinski definition) is 5. The first-order valence-electron chi connectivity index (χ1n) is 11.7. The fourth-order valence-electron chi connectivity index (χ4n) is 3.47. The molecule has 0 amide bonds. The largest absolute Gasteiger partial charge is 0.497 e. The lowest BCUT2D eigenvalue weighted by molar-refractivity contribution is 0.292. The minimum absolute atomic E-state index is 0.332. The van der Waals surface area contributed by atoms with Crippen molar-refractivity contribution in [3.8, 4) is 5.75 Å². The van der Waals surface area contributed by atoms with Gasteiger partial charge in [0.1, 0.15) is 18.1 Å². The average molecular weight is 444 g/mol. The fourth-order valence-corrected chi connectivity index (χ4v) is 3.47. The summed E-state index contributed by atoms with van der Waals surface area (Å²) in [6.07, 6.45) is 3.17. The number of guanidine groups is 1. The summed E-state index contributed by atoms with van der Waals surface area (Å²) >= 11 is 0. The molecule has 2 rings (SSSR count). The van der Waals surface area contributed by atoms with Crippen LogP contribution in [0.15, 0.2) is 29.3 Å². The molecular weight excluding hydrogens is 402 g/mol. The summed E-state index contributed by atoms with van der Waals surface area (Å²) in [6.45, 7) is 13.2. The van der Waals surface area contributed by atoms with Crippen LogP contribution >= 0.6 is 0 Å². The molecule has 2 N–H and O–H groups in total. The van der Waals surface area contributed by atoms with Crippen LogP contribution in [-0.4, -0.2) is 65.0 Å². The molecule has 0 spiro atoms. The molecule has 32 heavy (non-hydrogen) atoms. The van der Waals surface area contributed by atoms with Crippen molar-refractivity contribution in [3.05, 3.63) is 41.5 Å². The van der Waals surface area contributed by atoms with E-state index in [0.717, 1.165) is 68.8 Å². The maximum Gasteiger partial charge on any atom is 0.191 e. The van der Waals surface area contributed by atoms with Gasteiger partial charge in [0.15, 0.2) is 11.8 Å². The highest BCUT2D eigenvalue weighted by Crippen LogP contribution is 2.11. The quantitative estimate of drug-likeness (QED) is 0.366. The molecule has 0 radical (unpaired) electrons. The first kappa shape index (κ1) is 25.6. The van der Waals surface area contributed by atoms with E-state index < -0.39 is 0 Å². The summed E-state index contributed by atoms with van der Waals surface area (Å²) in [4.78, 5) is 7.25. The normalized spacial score (nSPS) is 12.8. The molecule has 178 valence electrons. The van der Waals surface area contributed by atoms with Gasteiger partial charge in [-0.15, -0.1) is 10.2 Å². The lowest BCUT2D eigenvalue weighted by atomic mass is 10.1. The Morgan fingerprint density at radius 1 is 1.19 bits per heavy atom. The van der Waals surface area contributed by atoms with Crippen molar-refractivity contribution in [2.75, 3.05) is 33.3 Å². The number of methoxy groups -OCH3 is 1. The van der Waals surface area contributed by atoms with E-state index in [1.807, 2.05) is 30.7 Å². The van der Waals surface area contributed by atoms with E-state index in [2.05, 4.69) is 58.6 Å². The zero-order chi connectivity index (χ0) is 23.3. The van der Waals surface area contributed by atoms with Crippen LogP contribution in [0.2, 0.25) is 0 Å². The fraction of sp³-hybridized carbons (Fsp3) is 0.625. The number of nitrogens with zero attached hydrogens (tertiary/aromatic N) is 5. The monoisotopic (exact) mass is 443 g/mol. The molecule has 0 aliphatic heterocycles. The van der Waals surface area contributed by atoms with Crippen molar-refractivity contribution in [2.45, 2.75) is 59.5 Å². The van der Waals surface area contributed by atoms with Crippen molar-refractivity contribution in [2.24, 2.45) is 12.0 Å². The van der Waals surface area contributed by atoms with E-state index in [4.69, 9.17) is 9.73 Å². The van der Waals surface area contributed by atoms with Crippen LogP contribution in [0.1, 0.15) is 50.8 Å². The van der Waals surface area contributed by atoms with Crippen molar-refractivity contribution in [3.63, 3.8) is 0 Å². The lowest BCUT2D eigenvalue weighted by Crippen LogP contribution is -2.43. The van der Waals surface area contributed by atoms with Gasteiger partial charge in [-0.25, -0.2) is 4.99 Å². The highest BCUT2D eigenvalue weighted by Gasteiger charge is 2.09. The Kier molecular flexibility index (Phi) is 11.0. The van der Waals surface area contributed by atoms with Crippen LogP contribution in [-0.2, 0) is 20.0 Å². The highest BCUT2D eigenvalue weighted by molar-refractivity contribution is 5.80. The SMILES string of the molecule is CCN(CC)CCCC(C)NC(=NCc1nnc(C)n1C)NCCc1ccc(OC)cc1. The second kappa shape index (κ2) is 13.7. The van der Waals surface area contributed by atoms with Gasteiger partial charge in [-0.3, -0.25) is 0 Å². The molecule has 0 aliphatic carbocycles. The van der Waals surface area contributed by atoms with Crippen molar-refractivity contribution in [1.82, 2.24) is 30.3 Å². The van der Waals surface area contributed by atoms with Crippen LogP contribution in [0.4, 0.5) is 0 Å². The Labute approximate surface area is 193 Å². The number of aliphatic imine (C=N–C) groups is 1. The molecule has 2 aromatic rings. The molecule has 1 unspecified atom stereocenters. The molecule has 8 heteroatoms. The number of nitrogens with one attached hydrogen (secondary N) is 2. The van der Waals surface area contributed by atoms with Gasteiger partial charge in [0.2, 0.25) is 0 Å². The lowest BCUT2D eigenvalue weighted by Gasteiger charge is -2.21. The molecule has 1 heterocycles. The molecular formula is C24H41N7O. The Hall–Kier alpha value is -2.61. The molecule has 0 saturated heterocycles. The molecule has 1 atom stereocenters. The first-order chi connectivity index (χ1) is 15.5. The topological polar surface area (TPSA) is 79.6 Å². The zero-order valence-electron chi connectivity index (χ0n) is 20.7. The van der Waals surface area contributed by atoms with Gasteiger partial charge in [0, 0.05) is 19.6 Å². The summed E-state index contributed by atoms with van der Waals surface area (Å²) < 4.78 is 7.22. The maximum atomic E-state index is 5.24. The predicted molar refractivity (Wildman–Crippen MR) is 131 cm³/mol. The van der Waals surface area contributed by atoms with Gasteiger partial charge >= 0.3 is 0 Å². The van der Waals surface area contributed by atoms with E-state index >= 15 is 0 Å². The molecule has 8 nitrogen and oxygen atoms in total. The Balaban J connectivity index is 1.93. The number of ether oxygens (including phenoxy) is 1. The Bertz CT molecular complexity index is 812. The third-order valence-electron chi connectivity index (χ3n) is 5.82. The molecule has 0 fully saturated rings. The van der Waals surface area contributed by atoms with Crippen molar-refractivity contribution >= 4 is 5.96 Å². The van der Waals surface area contributed by atoms with E-state index in [1.165, 1.54) is 5.56 Å². The molecule has 0 saturated carbocycles. The minimum atomic E-state index is 0.332. The second-order valence-corrected chi connectivity index (χ2v) is 8.13. The van der Waals surface area contributed by atoms with Crippen LogP contribution in [0.3, 0.4) is 0 Å². The van der Waals surface area contributed by atoms with E-state index in [9.17, 15) is 0 Å². The molecule has 1 aromatic carbocycles. The number of aryl methyl sites for hydroxylation is 1. The first-order valence-corrected chi connectivity index (χ1v) is 11.7. The van der Waals surface area contributed by atoms with Gasteiger partial charge in [0.05, 0.1) is 7.11 Å². The van der Waals surface area contributed by atoms with E-state index in [1.54, 1.807) is 7.11 Å².